The summed E-state index contributed by atoms with van der Waals surface area (Å²) in [5, 5.41) is 0. The van der Waals surface area contributed by atoms with Crippen LogP contribution in [0.25, 0.3) is 0 Å². The summed E-state index contributed by atoms with van der Waals surface area (Å²) in [5.41, 5.74) is 3.58. The highest BCUT2D eigenvalue weighted by Gasteiger charge is 2.19. The van der Waals surface area contributed by atoms with Gasteiger partial charge in [-0.25, -0.2) is 9.97 Å². The van der Waals surface area contributed by atoms with Crippen molar-refractivity contribution in [3.63, 3.8) is 0 Å². The van der Waals surface area contributed by atoms with Gasteiger partial charge in [-0.3, -0.25) is 0 Å². The third-order valence-corrected chi connectivity index (χ3v) is 2.50. The fraction of sp³-hybridized carbons (Fsp3) is 0.667. The lowest BCUT2D eigenvalue weighted by Crippen LogP contribution is -2.18. The lowest BCUT2D eigenvalue weighted by molar-refractivity contribution is 0.538. The van der Waals surface area contributed by atoms with Gasteiger partial charge in [0.2, 0.25) is 0 Å². The Bertz CT molecular complexity index is 335. The van der Waals surface area contributed by atoms with E-state index in [1.54, 1.807) is 0 Å². The quantitative estimate of drug-likeness (QED) is 0.683. The predicted octanol–water partition coefficient (Wildman–Crippen LogP) is 2.95. The zero-order chi connectivity index (χ0) is 10.9. The van der Waals surface area contributed by atoms with Crippen LogP contribution in [0.1, 0.15) is 50.5 Å². The summed E-state index contributed by atoms with van der Waals surface area (Å²) in [4.78, 5) is 9.15. The van der Waals surface area contributed by atoms with Crippen LogP contribution in [-0.4, -0.2) is 9.97 Å². The molecule has 0 saturated carbocycles. The van der Waals surface area contributed by atoms with Crippen LogP contribution in [0.15, 0.2) is 0 Å². The molecule has 0 aliphatic heterocycles. The highest BCUT2D eigenvalue weighted by Crippen LogP contribution is 2.20. The normalized spacial score (nSPS) is 11.9. The Morgan fingerprint density at radius 3 is 2.07 bits per heavy atom. The molecule has 0 aliphatic carbocycles. The second-order valence-corrected chi connectivity index (χ2v) is 4.81. The van der Waals surface area contributed by atoms with Crippen LogP contribution >= 0.6 is 0 Å². The van der Waals surface area contributed by atoms with E-state index in [0.29, 0.717) is 0 Å². The molecule has 0 fully saturated rings. The molecule has 2 heteroatoms. The van der Waals surface area contributed by atoms with Gasteiger partial charge in [-0.05, 0) is 25.8 Å². The van der Waals surface area contributed by atoms with Crippen molar-refractivity contribution in [1.29, 1.82) is 0 Å². The van der Waals surface area contributed by atoms with E-state index < -0.39 is 0 Å². The summed E-state index contributed by atoms with van der Waals surface area (Å²) in [6.45, 7) is 12.7. The Hall–Kier alpha value is -0.920. The molecule has 0 unspecified atom stereocenters. The van der Waals surface area contributed by atoms with Gasteiger partial charge in [0.25, 0.3) is 0 Å². The molecule has 78 valence electrons. The average molecular weight is 192 g/mol. The molecular formula is C12H20N2. The summed E-state index contributed by atoms with van der Waals surface area (Å²) in [6, 6.07) is 0. The maximum absolute atomic E-state index is 4.61. The van der Waals surface area contributed by atoms with Crippen LogP contribution in [0.4, 0.5) is 0 Å². The van der Waals surface area contributed by atoms with Gasteiger partial charge in [0.15, 0.2) is 0 Å². The number of hydrogen-bond donors (Lipinski definition) is 0. The molecule has 0 spiro atoms. The molecule has 1 heterocycles. The van der Waals surface area contributed by atoms with E-state index >= 15 is 0 Å². The topological polar surface area (TPSA) is 25.8 Å². The van der Waals surface area contributed by atoms with E-state index in [-0.39, 0.29) is 5.41 Å². The Morgan fingerprint density at radius 1 is 1.07 bits per heavy atom. The minimum atomic E-state index is 0.0440. The number of rotatable bonds is 1. The van der Waals surface area contributed by atoms with Crippen molar-refractivity contribution in [2.24, 2.45) is 0 Å². The van der Waals surface area contributed by atoms with Crippen LogP contribution in [-0.2, 0) is 11.8 Å². The second-order valence-electron chi connectivity index (χ2n) is 4.81. The minimum absolute atomic E-state index is 0.0440. The minimum Gasteiger partial charge on any atom is -0.237 e. The molecule has 0 aromatic carbocycles. The lowest BCUT2D eigenvalue weighted by Gasteiger charge is -2.19. The third kappa shape index (κ3) is 2.11. The van der Waals surface area contributed by atoms with Crippen molar-refractivity contribution < 1.29 is 0 Å². The highest BCUT2D eigenvalue weighted by molar-refractivity contribution is 5.25. The lowest BCUT2D eigenvalue weighted by atomic mass is 9.95. The van der Waals surface area contributed by atoms with Crippen molar-refractivity contribution in [3.8, 4) is 0 Å². The van der Waals surface area contributed by atoms with Crippen LogP contribution in [0.3, 0.4) is 0 Å². The van der Waals surface area contributed by atoms with E-state index in [2.05, 4.69) is 51.5 Å². The molecule has 0 saturated heterocycles. The van der Waals surface area contributed by atoms with E-state index in [4.69, 9.17) is 0 Å². The molecule has 0 radical (unpaired) electrons. The molecule has 2 nitrogen and oxygen atoms in total. The SMILES string of the molecule is CCc1nc(C(C)(C)C)nc(C)c1C. The molecule has 0 amide bonds. The summed E-state index contributed by atoms with van der Waals surface area (Å²) in [6.07, 6.45) is 0.984. The summed E-state index contributed by atoms with van der Waals surface area (Å²) < 4.78 is 0. The standard InChI is InChI=1S/C12H20N2/c1-7-10-8(2)9(3)13-11(14-10)12(4,5)6/h7H2,1-6H3. The van der Waals surface area contributed by atoms with Gasteiger partial charge in [0.05, 0.1) is 0 Å². The smallest absolute Gasteiger partial charge is 0.134 e. The van der Waals surface area contributed by atoms with Crippen molar-refractivity contribution in [3.05, 3.63) is 22.8 Å². The molecule has 1 aromatic rings. The Kier molecular flexibility index (Phi) is 2.93. The molecule has 0 N–H and O–H groups in total. The van der Waals surface area contributed by atoms with Gasteiger partial charge in [-0.1, -0.05) is 27.7 Å². The first kappa shape index (κ1) is 11.2. The van der Waals surface area contributed by atoms with Crippen LogP contribution in [0, 0.1) is 13.8 Å². The number of aromatic nitrogens is 2. The monoisotopic (exact) mass is 192 g/mol. The van der Waals surface area contributed by atoms with Gasteiger partial charge >= 0.3 is 0 Å². The van der Waals surface area contributed by atoms with Crippen LogP contribution in [0.5, 0.6) is 0 Å². The van der Waals surface area contributed by atoms with E-state index in [0.717, 1.165) is 17.9 Å². The molecule has 1 aromatic heterocycles. The zero-order valence-corrected chi connectivity index (χ0v) is 10.1. The van der Waals surface area contributed by atoms with Gasteiger partial charge < -0.3 is 0 Å². The maximum atomic E-state index is 4.61. The van der Waals surface area contributed by atoms with Gasteiger partial charge in [-0.2, -0.15) is 0 Å². The van der Waals surface area contributed by atoms with E-state index in [9.17, 15) is 0 Å². The zero-order valence-electron chi connectivity index (χ0n) is 10.1. The summed E-state index contributed by atoms with van der Waals surface area (Å²) in [7, 11) is 0. The predicted molar refractivity (Wildman–Crippen MR) is 59.6 cm³/mol. The third-order valence-electron chi connectivity index (χ3n) is 2.50. The number of nitrogens with zero attached hydrogens (tertiary/aromatic N) is 2. The Balaban J connectivity index is 3.30. The van der Waals surface area contributed by atoms with Crippen molar-refractivity contribution in [1.82, 2.24) is 9.97 Å². The molecule has 0 atom stereocenters. The number of aryl methyl sites for hydroxylation is 2. The van der Waals surface area contributed by atoms with E-state index in [1.807, 2.05) is 0 Å². The first-order valence-electron chi connectivity index (χ1n) is 5.21. The molecule has 1 rings (SSSR count). The van der Waals surface area contributed by atoms with Crippen molar-refractivity contribution >= 4 is 0 Å². The first-order valence-corrected chi connectivity index (χ1v) is 5.21. The van der Waals surface area contributed by atoms with Gasteiger partial charge in [-0.15, -0.1) is 0 Å². The summed E-state index contributed by atoms with van der Waals surface area (Å²) >= 11 is 0. The van der Waals surface area contributed by atoms with Crippen LogP contribution < -0.4 is 0 Å². The van der Waals surface area contributed by atoms with Gasteiger partial charge in [0.1, 0.15) is 5.82 Å². The van der Waals surface area contributed by atoms with Gasteiger partial charge in [0, 0.05) is 16.8 Å². The highest BCUT2D eigenvalue weighted by atomic mass is 14.9. The second kappa shape index (κ2) is 3.68. The largest absolute Gasteiger partial charge is 0.237 e. The molecular weight excluding hydrogens is 172 g/mol. The summed E-state index contributed by atoms with van der Waals surface area (Å²) in [5.74, 6) is 0.956. The fourth-order valence-corrected chi connectivity index (χ4v) is 1.37. The van der Waals surface area contributed by atoms with Crippen molar-refractivity contribution in [2.75, 3.05) is 0 Å². The Labute approximate surface area is 86.8 Å². The molecule has 0 aliphatic rings. The van der Waals surface area contributed by atoms with E-state index in [1.165, 1.54) is 11.3 Å². The first-order chi connectivity index (χ1) is 6.36. The van der Waals surface area contributed by atoms with Crippen LogP contribution in [0.2, 0.25) is 0 Å². The fourth-order valence-electron chi connectivity index (χ4n) is 1.37. The molecule has 14 heavy (non-hydrogen) atoms. The average Bonchev–Trinajstić information content (AvgIpc) is 2.07. The molecule has 0 bridgehead atoms. The maximum Gasteiger partial charge on any atom is 0.134 e. The number of hydrogen-bond acceptors (Lipinski definition) is 2. The Morgan fingerprint density at radius 2 is 1.64 bits per heavy atom. The van der Waals surface area contributed by atoms with Crippen molar-refractivity contribution in [2.45, 2.75) is 53.4 Å².